The highest BCUT2D eigenvalue weighted by molar-refractivity contribution is 7.94. The number of sulfone groups is 1. The Hall–Kier alpha value is -2.02. The van der Waals surface area contributed by atoms with E-state index in [1.165, 1.54) is 5.41 Å². The molecule has 18 heavy (non-hydrogen) atoms. The highest BCUT2D eigenvalue weighted by Crippen LogP contribution is 2.26. The third-order valence-corrected chi connectivity index (χ3v) is 4.28. The lowest BCUT2D eigenvalue weighted by Crippen LogP contribution is -2.21. The van der Waals surface area contributed by atoms with Gasteiger partial charge < -0.3 is 11.1 Å². The van der Waals surface area contributed by atoms with E-state index in [1.807, 2.05) is 6.07 Å². The van der Waals surface area contributed by atoms with Crippen LogP contribution in [0.2, 0.25) is 0 Å². The van der Waals surface area contributed by atoms with Crippen LogP contribution in [0.15, 0.2) is 29.8 Å². The average Bonchev–Trinajstić information content (AvgIpc) is 2.85. The molecule has 94 valence electrons. The number of nitrogens with one attached hydrogen (secondary N) is 2. The summed E-state index contributed by atoms with van der Waals surface area (Å²) < 4.78 is 22.6. The largest absolute Gasteiger partial charge is 0.397 e. The van der Waals surface area contributed by atoms with Crippen molar-refractivity contribution in [3.63, 3.8) is 0 Å². The van der Waals surface area contributed by atoms with E-state index < -0.39 is 9.84 Å². The smallest absolute Gasteiger partial charge is 0.173 e. The summed E-state index contributed by atoms with van der Waals surface area (Å²) in [4.78, 5) is 0. The molecule has 1 unspecified atom stereocenters. The Bertz CT molecular complexity index is 733. The molecule has 0 spiro atoms. The van der Waals surface area contributed by atoms with Crippen LogP contribution in [0.5, 0.6) is 0 Å². The van der Waals surface area contributed by atoms with Gasteiger partial charge in [0, 0.05) is 10.8 Å². The lowest BCUT2D eigenvalue weighted by molar-refractivity contribution is 0.605. The van der Waals surface area contributed by atoms with Crippen molar-refractivity contribution in [2.75, 3.05) is 16.8 Å². The van der Waals surface area contributed by atoms with Crippen molar-refractivity contribution in [1.82, 2.24) is 10.2 Å². The van der Waals surface area contributed by atoms with Gasteiger partial charge in [-0.05, 0) is 12.1 Å². The van der Waals surface area contributed by atoms with Crippen LogP contribution in [0.4, 0.5) is 11.4 Å². The first-order valence-corrected chi connectivity index (χ1v) is 7.15. The molecule has 0 bridgehead atoms. The van der Waals surface area contributed by atoms with Crippen molar-refractivity contribution in [2.45, 2.75) is 6.04 Å². The van der Waals surface area contributed by atoms with Crippen molar-refractivity contribution >= 4 is 32.1 Å². The Morgan fingerprint density at radius 2 is 2.28 bits per heavy atom. The lowest BCUT2D eigenvalue weighted by atomic mass is 10.2. The maximum absolute atomic E-state index is 11.3. The molecule has 0 saturated carbocycles. The Morgan fingerprint density at radius 3 is 3.00 bits per heavy atom. The fraction of sp³-hybridized carbons (Fsp3) is 0.182. The summed E-state index contributed by atoms with van der Waals surface area (Å²) in [6.45, 7) is 0. The first-order valence-electron chi connectivity index (χ1n) is 5.44. The van der Waals surface area contributed by atoms with Crippen LogP contribution in [0.3, 0.4) is 0 Å². The molecule has 4 N–H and O–H groups in total. The van der Waals surface area contributed by atoms with Crippen molar-refractivity contribution in [2.24, 2.45) is 0 Å². The second kappa shape index (κ2) is 3.74. The first-order chi connectivity index (χ1) is 8.53. The van der Waals surface area contributed by atoms with Crippen LogP contribution in [0, 0.1) is 0 Å². The third-order valence-electron chi connectivity index (χ3n) is 2.88. The standard InChI is InChI=1S/C11H12N4O2S/c12-9-3-7-5-13-15-10(7)4-11(9)14-8-1-2-18(16,17)6-8/h1-5,8,14H,6,12H2,(H,13,15). The summed E-state index contributed by atoms with van der Waals surface area (Å²) in [5, 5.41) is 12.0. The summed E-state index contributed by atoms with van der Waals surface area (Å²) in [7, 11) is -3.06. The average molecular weight is 264 g/mol. The van der Waals surface area contributed by atoms with Gasteiger partial charge in [0.05, 0.1) is 34.9 Å². The van der Waals surface area contributed by atoms with Gasteiger partial charge in [-0.25, -0.2) is 8.42 Å². The summed E-state index contributed by atoms with van der Waals surface area (Å²) in [5.41, 5.74) is 8.05. The second-order valence-electron chi connectivity index (χ2n) is 4.31. The van der Waals surface area contributed by atoms with Gasteiger partial charge in [-0.3, -0.25) is 5.10 Å². The van der Waals surface area contributed by atoms with E-state index in [0.29, 0.717) is 11.4 Å². The molecule has 1 aliphatic heterocycles. The summed E-state index contributed by atoms with van der Waals surface area (Å²) in [6, 6.07) is 3.39. The van der Waals surface area contributed by atoms with Gasteiger partial charge in [0.25, 0.3) is 0 Å². The zero-order valence-corrected chi connectivity index (χ0v) is 10.2. The molecule has 0 amide bonds. The summed E-state index contributed by atoms with van der Waals surface area (Å²) in [5.74, 6) is 0.0629. The SMILES string of the molecule is Nc1cc2cn[nH]c2cc1NC1C=CS(=O)(=O)C1. The molecule has 7 heteroatoms. The fourth-order valence-corrected chi connectivity index (χ4v) is 3.23. The van der Waals surface area contributed by atoms with Gasteiger partial charge in [-0.1, -0.05) is 6.08 Å². The van der Waals surface area contributed by atoms with Crippen LogP contribution in [-0.4, -0.2) is 30.4 Å². The number of benzene rings is 1. The van der Waals surface area contributed by atoms with E-state index in [4.69, 9.17) is 5.73 Å². The number of anilines is 2. The van der Waals surface area contributed by atoms with Crippen LogP contribution in [-0.2, 0) is 9.84 Å². The quantitative estimate of drug-likeness (QED) is 0.699. The molecular weight excluding hydrogens is 252 g/mol. The van der Waals surface area contributed by atoms with E-state index in [2.05, 4.69) is 15.5 Å². The molecule has 3 rings (SSSR count). The van der Waals surface area contributed by atoms with Gasteiger partial charge in [0.15, 0.2) is 9.84 Å². The molecule has 1 aromatic heterocycles. The van der Waals surface area contributed by atoms with Crippen molar-refractivity contribution in [1.29, 1.82) is 0 Å². The molecule has 0 fully saturated rings. The highest BCUT2D eigenvalue weighted by Gasteiger charge is 2.22. The normalized spacial score (nSPS) is 21.4. The van der Waals surface area contributed by atoms with Crippen LogP contribution < -0.4 is 11.1 Å². The highest BCUT2D eigenvalue weighted by atomic mass is 32.2. The van der Waals surface area contributed by atoms with Gasteiger partial charge in [0.2, 0.25) is 0 Å². The molecule has 0 radical (unpaired) electrons. The van der Waals surface area contributed by atoms with E-state index >= 15 is 0 Å². The van der Waals surface area contributed by atoms with E-state index in [1.54, 1.807) is 18.3 Å². The maximum atomic E-state index is 11.3. The minimum atomic E-state index is -3.06. The first kappa shape index (κ1) is 11.1. The number of hydrogen-bond acceptors (Lipinski definition) is 5. The number of rotatable bonds is 2. The van der Waals surface area contributed by atoms with Gasteiger partial charge in [0.1, 0.15) is 0 Å². The van der Waals surface area contributed by atoms with E-state index in [0.717, 1.165) is 10.9 Å². The molecular formula is C11H12N4O2S. The number of nitrogens with two attached hydrogens (primary N) is 1. The number of aromatic nitrogens is 2. The summed E-state index contributed by atoms with van der Waals surface area (Å²) in [6.07, 6.45) is 3.32. The zero-order valence-electron chi connectivity index (χ0n) is 9.42. The van der Waals surface area contributed by atoms with Gasteiger partial charge in [-0.2, -0.15) is 5.10 Å². The minimum Gasteiger partial charge on any atom is -0.397 e. The predicted molar refractivity (Wildman–Crippen MR) is 70.8 cm³/mol. The maximum Gasteiger partial charge on any atom is 0.173 e. The molecule has 6 nitrogen and oxygen atoms in total. The molecule has 1 aromatic carbocycles. The Kier molecular flexibility index (Phi) is 2.30. The van der Waals surface area contributed by atoms with Crippen molar-refractivity contribution in [3.8, 4) is 0 Å². The van der Waals surface area contributed by atoms with Crippen LogP contribution in [0.25, 0.3) is 10.9 Å². The molecule has 2 heterocycles. The topological polar surface area (TPSA) is 101 Å². The van der Waals surface area contributed by atoms with Crippen LogP contribution in [0.1, 0.15) is 0 Å². The number of aromatic amines is 1. The second-order valence-corrected chi connectivity index (χ2v) is 6.24. The monoisotopic (exact) mass is 264 g/mol. The zero-order chi connectivity index (χ0) is 12.8. The van der Waals surface area contributed by atoms with Gasteiger partial charge >= 0.3 is 0 Å². The van der Waals surface area contributed by atoms with Crippen LogP contribution >= 0.6 is 0 Å². The third kappa shape index (κ3) is 1.92. The van der Waals surface area contributed by atoms with Crippen molar-refractivity contribution in [3.05, 3.63) is 29.8 Å². The summed E-state index contributed by atoms with van der Waals surface area (Å²) >= 11 is 0. The Morgan fingerprint density at radius 1 is 1.44 bits per heavy atom. The number of nitrogens with zero attached hydrogens (tertiary/aromatic N) is 1. The number of fused-ring (bicyclic) bond motifs is 1. The lowest BCUT2D eigenvalue weighted by Gasteiger charge is -2.13. The van der Waals surface area contributed by atoms with Gasteiger partial charge in [-0.15, -0.1) is 0 Å². The number of nitrogen functional groups attached to an aromatic ring is 1. The van der Waals surface area contributed by atoms with E-state index in [-0.39, 0.29) is 11.8 Å². The predicted octanol–water partition coefficient (Wildman–Crippen LogP) is 0.868. The Labute approximate surface area is 104 Å². The Balaban J connectivity index is 1.91. The number of H-pyrrole nitrogens is 1. The minimum absolute atomic E-state index is 0.0629. The molecule has 1 aliphatic rings. The number of hydrogen-bond donors (Lipinski definition) is 3. The molecule has 2 aromatic rings. The fourth-order valence-electron chi connectivity index (χ4n) is 2.00. The van der Waals surface area contributed by atoms with E-state index in [9.17, 15) is 8.42 Å². The molecule has 0 aliphatic carbocycles. The molecule has 1 atom stereocenters. The van der Waals surface area contributed by atoms with Crippen molar-refractivity contribution < 1.29 is 8.42 Å². The molecule has 0 saturated heterocycles.